The van der Waals surface area contributed by atoms with E-state index in [1.165, 1.54) is 0 Å². The molecule has 1 aromatic heterocycles. The maximum absolute atomic E-state index is 12.3. The Labute approximate surface area is 134 Å². The molecule has 1 amide bonds. The van der Waals surface area contributed by atoms with Crippen LogP contribution in [0.4, 0.5) is 5.69 Å². The Hall–Kier alpha value is -2.01. The zero-order valence-corrected chi connectivity index (χ0v) is 13.2. The summed E-state index contributed by atoms with van der Waals surface area (Å²) in [5.41, 5.74) is 2.96. The third kappa shape index (κ3) is 2.81. The molecule has 22 heavy (non-hydrogen) atoms. The number of carbonyl (C=O) groups is 1. The van der Waals surface area contributed by atoms with Crippen molar-refractivity contribution in [2.45, 2.75) is 26.4 Å². The number of hydrogen-bond acceptors (Lipinski definition) is 3. The summed E-state index contributed by atoms with van der Waals surface area (Å²) < 4.78 is 7.40. The number of halogens is 1. The molecular weight excluding hydrogens is 302 g/mol. The smallest absolute Gasteiger partial charge is 0.242 e. The van der Waals surface area contributed by atoms with Gasteiger partial charge >= 0.3 is 0 Å². The molecule has 0 bridgehead atoms. The van der Waals surface area contributed by atoms with Crippen LogP contribution in [0, 0.1) is 0 Å². The maximum Gasteiger partial charge on any atom is 0.242 e. The van der Waals surface area contributed by atoms with Crippen molar-refractivity contribution >= 4 is 23.2 Å². The summed E-state index contributed by atoms with van der Waals surface area (Å²) in [6.45, 7) is 3.95. The Kier molecular flexibility index (Phi) is 4.34. The SMILES string of the molecule is CCn1nccc1CN(C(=O)CCl)c1ccc2c(c1)CCO2. The van der Waals surface area contributed by atoms with Gasteiger partial charge in [0.1, 0.15) is 11.6 Å². The molecule has 1 aliphatic rings. The molecule has 0 fully saturated rings. The molecule has 116 valence electrons. The summed E-state index contributed by atoms with van der Waals surface area (Å²) in [4.78, 5) is 14.0. The summed E-state index contributed by atoms with van der Waals surface area (Å²) in [5, 5.41) is 4.25. The first kappa shape index (κ1) is 14.9. The van der Waals surface area contributed by atoms with E-state index in [1.807, 2.05) is 35.9 Å². The van der Waals surface area contributed by atoms with Gasteiger partial charge in [-0.2, -0.15) is 5.10 Å². The molecule has 0 atom stereocenters. The number of hydrogen-bond donors (Lipinski definition) is 0. The zero-order valence-electron chi connectivity index (χ0n) is 12.5. The van der Waals surface area contributed by atoms with Crippen LogP contribution in [0.25, 0.3) is 0 Å². The van der Waals surface area contributed by atoms with E-state index in [2.05, 4.69) is 5.10 Å². The van der Waals surface area contributed by atoms with E-state index >= 15 is 0 Å². The molecule has 3 rings (SSSR count). The number of carbonyl (C=O) groups excluding carboxylic acids is 1. The zero-order chi connectivity index (χ0) is 15.5. The topological polar surface area (TPSA) is 47.4 Å². The van der Waals surface area contributed by atoms with Crippen molar-refractivity contribution < 1.29 is 9.53 Å². The van der Waals surface area contributed by atoms with E-state index in [9.17, 15) is 4.79 Å². The average Bonchev–Trinajstić information content (AvgIpc) is 3.19. The molecule has 0 aliphatic carbocycles. The van der Waals surface area contributed by atoms with Gasteiger partial charge in [-0.3, -0.25) is 9.48 Å². The molecular formula is C16H18ClN3O2. The van der Waals surface area contributed by atoms with Crippen LogP contribution in [-0.2, 0) is 24.3 Å². The molecule has 1 aliphatic heterocycles. The number of ether oxygens (including phenoxy) is 1. The largest absolute Gasteiger partial charge is 0.493 e. The van der Waals surface area contributed by atoms with Gasteiger partial charge in [0.15, 0.2) is 0 Å². The molecule has 1 aromatic carbocycles. The predicted molar refractivity (Wildman–Crippen MR) is 85.5 cm³/mol. The number of benzene rings is 1. The second-order valence-electron chi connectivity index (χ2n) is 5.14. The van der Waals surface area contributed by atoms with Gasteiger partial charge < -0.3 is 9.64 Å². The van der Waals surface area contributed by atoms with Crippen molar-refractivity contribution in [3.63, 3.8) is 0 Å². The normalized spacial score (nSPS) is 12.8. The lowest BCUT2D eigenvalue weighted by atomic mass is 10.1. The highest BCUT2D eigenvalue weighted by atomic mass is 35.5. The van der Waals surface area contributed by atoms with Crippen molar-refractivity contribution in [2.75, 3.05) is 17.4 Å². The second kappa shape index (κ2) is 6.40. The van der Waals surface area contributed by atoms with Crippen molar-refractivity contribution in [1.29, 1.82) is 0 Å². The van der Waals surface area contributed by atoms with E-state index in [0.717, 1.165) is 35.7 Å². The Morgan fingerprint density at radius 3 is 3.09 bits per heavy atom. The van der Waals surface area contributed by atoms with E-state index in [-0.39, 0.29) is 11.8 Å². The van der Waals surface area contributed by atoms with Crippen molar-refractivity contribution in [3.8, 4) is 5.75 Å². The third-order valence-electron chi connectivity index (χ3n) is 3.82. The van der Waals surface area contributed by atoms with E-state index in [0.29, 0.717) is 13.2 Å². The van der Waals surface area contributed by atoms with Crippen molar-refractivity contribution in [3.05, 3.63) is 41.7 Å². The third-order valence-corrected chi connectivity index (χ3v) is 4.05. The van der Waals surface area contributed by atoms with Crippen molar-refractivity contribution in [1.82, 2.24) is 9.78 Å². The number of alkyl halides is 1. The summed E-state index contributed by atoms with van der Waals surface area (Å²) in [7, 11) is 0. The van der Waals surface area contributed by atoms with Gasteiger partial charge in [-0.15, -0.1) is 11.6 Å². The number of aryl methyl sites for hydroxylation is 1. The van der Waals surface area contributed by atoms with Crippen LogP contribution in [0.5, 0.6) is 5.75 Å². The molecule has 0 radical (unpaired) electrons. The molecule has 0 N–H and O–H groups in total. The minimum atomic E-state index is -0.121. The van der Waals surface area contributed by atoms with Crippen LogP contribution >= 0.6 is 11.6 Å². The summed E-state index contributed by atoms with van der Waals surface area (Å²) in [5.74, 6) is 0.735. The van der Waals surface area contributed by atoms with Crippen molar-refractivity contribution in [2.24, 2.45) is 0 Å². The Morgan fingerprint density at radius 1 is 1.45 bits per heavy atom. The van der Waals surface area contributed by atoms with Crippen LogP contribution in [0.15, 0.2) is 30.5 Å². The fourth-order valence-corrected chi connectivity index (χ4v) is 2.82. The first-order chi connectivity index (χ1) is 10.7. The number of nitrogens with zero attached hydrogens (tertiary/aromatic N) is 3. The van der Waals surface area contributed by atoms with Crippen LogP contribution < -0.4 is 9.64 Å². The highest BCUT2D eigenvalue weighted by molar-refractivity contribution is 6.29. The standard InChI is InChI=1S/C16H18ClN3O2/c1-2-20-14(5-7-18-20)11-19(16(21)10-17)13-3-4-15-12(9-13)6-8-22-15/h3-5,7,9H,2,6,8,10-11H2,1H3. The fourth-order valence-electron chi connectivity index (χ4n) is 2.68. The second-order valence-corrected chi connectivity index (χ2v) is 5.41. The Balaban J connectivity index is 1.91. The van der Waals surface area contributed by atoms with Gasteiger partial charge in [0.05, 0.1) is 18.8 Å². The highest BCUT2D eigenvalue weighted by Gasteiger charge is 2.20. The number of aromatic nitrogens is 2. The number of rotatable bonds is 5. The van der Waals surface area contributed by atoms with E-state index in [4.69, 9.17) is 16.3 Å². The molecule has 2 heterocycles. The fraction of sp³-hybridized carbons (Fsp3) is 0.375. The summed E-state index contributed by atoms with van der Waals surface area (Å²) in [6.07, 6.45) is 2.62. The van der Waals surface area contributed by atoms with Crippen LogP contribution in [-0.4, -0.2) is 28.2 Å². The van der Waals surface area contributed by atoms with Gasteiger partial charge in [-0.1, -0.05) is 0 Å². The average molecular weight is 320 g/mol. The van der Waals surface area contributed by atoms with Crippen LogP contribution in [0.1, 0.15) is 18.2 Å². The van der Waals surface area contributed by atoms with E-state index in [1.54, 1.807) is 11.1 Å². The lowest BCUT2D eigenvalue weighted by Crippen LogP contribution is -2.32. The summed E-state index contributed by atoms with van der Waals surface area (Å²) in [6, 6.07) is 7.76. The van der Waals surface area contributed by atoms with Gasteiger partial charge in [0.2, 0.25) is 5.91 Å². The van der Waals surface area contributed by atoms with Gasteiger partial charge in [-0.05, 0) is 36.8 Å². The predicted octanol–water partition coefficient (Wildman–Crippen LogP) is 2.61. The first-order valence-electron chi connectivity index (χ1n) is 7.35. The molecule has 0 spiro atoms. The number of fused-ring (bicyclic) bond motifs is 1. The minimum absolute atomic E-state index is 0.0478. The molecule has 0 saturated carbocycles. The summed E-state index contributed by atoms with van der Waals surface area (Å²) >= 11 is 5.79. The lowest BCUT2D eigenvalue weighted by Gasteiger charge is -2.23. The van der Waals surface area contributed by atoms with Gasteiger partial charge in [0, 0.05) is 24.8 Å². The maximum atomic E-state index is 12.3. The minimum Gasteiger partial charge on any atom is -0.493 e. The highest BCUT2D eigenvalue weighted by Crippen LogP contribution is 2.30. The van der Waals surface area contributed by atoms with E-state index < -0.39 is 0 Å². The molecule has 2 aromatic rings. The molecule has 6 heteroatoms. The number of anilines is 1. The van der Waals surface area contributed by atoms with Gasteiger partial charge in [-0.25, -0.2) is 0 Å². The monoisotopic (exact) mass is 319 g/mol. The Bertz CT molecular complexity index is 684. The first-order valence-corrected chi connectivity index (χ1v) is 7.89. The molecule has 5 nitrogen and oxygen atoms in total. The quantitative estimate of drug-likeness (QED) is 0.796. The molecule has 0 unspecified atom stereocenters. The lowest BCUT2D eigenvalue weighted by molar-refractivity contribution is -0.116. The van der Waals surface area contributed by atoms with Crippen LogP contribution in [0.2, 0.25) is 0 Å². The molecule has 0 saturated heterocycles. The Morgan fingerprint density at radius 2 is 2.32 bits per heavy atom. The van der Waals surface area contributed by atoms with Crippen LogP contribution in [0.3, 0.4) is 0 Å². The van der Waals surface area contributed by atoms with Gasteiger partial charge in [0.25, 0.3) is 0 Å². The number of amides is 1.